The quantitative estimate of drug-likeness (QED) is 0.508. The highest BCUT2D eigenvalue weighted by atomic mass is 16.5. The number of ether oxygens (including phenoxy) is 2. The van der Waals surface area contributed by atoms with Gasteiger partial charge in [-0.2, -0.15) is 0 Å². The third-order valence-corrected chi connectivity index (χ3v) is 4.62. The zero-order valence-corrected chi connectivity index (χ0v) is 15.1. The van der Waals surface area contributed by atoms with Gasteiger partial charge in [-0.1, -0.05) is 12.1 Å². The normalized spacial score (nSPS) is 13.2. The molecule has 0 amide bonds. The third-order valence-electron chi connectivity index (χ3n) is 4.62. The van der Waals surface area contributed by atoms with Crippen molar-refractivity contribution in [3.63, 3.8) is 0 Å². The Morgan fingerprint density at radius 2 is 1.12 bits per heavy atom. The van der Waals surface area contributed by atoms with Crippen LogP contribution in [-0.2, 0) is 12.8 Å². The van der Waals surface area contributed by atoms with Crippen LogP contribution in [0.3, 0.4) is 0 Å². The van der Waals surface area contributed by atoms with Crippen molar-refractivity contribution in [1.29, 1.82) is 0 Å². The lowest BCUT2D eigenvalue weighted by Gasteiger charge is -2.24. The van der Waals surface area contributed by atoms with E-state index < -0.39 is 0 Å². The van der Waals surface area contributed by atoms with Gasteiger partial charge in [0, 0.05) is 13.2 Å². The molecule has 0 aliphatic carbocycles. The van der Waals surface area contributed by atoms with E-state index in [1.165, 1.54) is 14.2 Å². The molecule has 0 aromatic heterocycles. The van der Waals surface area contributed by atoms with Gasteiger partial charge in [0.25, 0.3) is 0 Å². The van der Waals surface area contributed by atoms with Gasteiger partial charge in [0.1, 0.15) is 0 Å². The molecule has 26 heavy (non-hydrogen) atoms. The van der Waals surface area contributed by atoms with Crippen molar-refractivity contribution in [3.05, 3.63) is 47.5 Å². The van der Waals surface area contributed by atoms with E-state index in [1.807, 2.05) is 0 Å². The first-order valence-electron chi connectivity index (χ1n) is 8.45. The minimum absolute atomic E-state index is 0.0618. The molecular weight excluding hydrogens is 339 g/mol. The van der Waals surface area contributed by atoms with E-state index in [1.54, 1.807) is 36.4 Å². The molecule has 4 N–H and O–H groups in total. The Hall–Kier alpha value is -2.44. The highest BCUT2D eigenvalue weighted by Crippen LogP contribution is 2.31. The monoisotopic (exact) mass is 365 g/mol. The van der Waals surface area contributed by atoms with Crippen LogP contribution in [0.4, 0.5) is 0 Å². The fourth-order valence-electron chi connectivity index (χ4n) is 3.06. The van der Waals surface area contributed by atoms with Gasteiger partial charge < -0.3 is 29.9 Å². The van der Waals surface area contributed by atoms with Crippen molar-refractivity contribution in [1.82, 2.24) is 0 Å². The summed E-state index contributed by atoms with van der Waals surface area (Å²) in [6.07, 6.45) is 1.07. The Balaban J connectivity index is 2.15. The molecule has 142 valence electrons. The van der Waals surface area contributed by atoms with Crippen molar-refractivity contribution < 1.29 is 29.9 Å². The number of methoxy groups -OCH3 is 2. The molecule has 2 rings (SSSR count). The Morgan fingerprint density at radius 3 is 1.42 bits per heavy atom. The van der Waals surface area contributed by atoms with Crippen molar-refractivity contribution in [2.45, 2.75) is 12.8 Å². The molecule has 2 atom stereocenters. The predicted octanol–water partition coefficient (Wildman–Crippen LogP) is 2.12. The van der Waals surface area contributed by atoms with Gasteiger partial charge in [-0.3, -0.25) is 0 Å². The number of benzene rings is 2. The Morgan fingerprint density at radius 1 is 0.731 bits per heavy atom. The standard InChI is InChI=1S/C20H26O6/c1-25-19-9-13(3-5-17(19)23)7-15(11-21)16(12-22)8-14-4-6-18(24)20(10-14)26-2/h3-6,9-10,15-16,21-24H,7-8,11-12H2,1-2H3/t15-,16-/m0/s1/i7+1,8+1,11+1. The number of rotatable bonds is 9. The zero-order valence-electron chi connectivity index (χ0n) is 15.1. The summed E-state index contributed by atoms with van der Waals surface area (Å²) in [4.78, 5) is 0. The SMILES string of the molecule is COc1cc([13CH2][C@@H]([13CH2]O)[C@H](CO)[13CH2]c2ccc(O)c(OC)c2)ccc1O. The zero-order chi connectivity index (χ0) is 19.1. The fourth-order valence-corrected chi connectivity index (χ4v) is 3.06. The van der Waals surface area contributed by atoms with E-state index in [2.05, 4.69) is 0 Å². The van der Waals surface area contributed by atoms with Crippen molar-refractivity contribution in [3.8, 4) is 23.0 Å². The van der Waals surface area contributed by atoms with Gasteiger partial charge in [0.15, 0.2) is 23.0 Å². The second-order valence-electron chi connectivity index (χ2n) is 6.31. The van der Waals surface area contributed by atoms with Crippen molar-refractivity contribution in [2.75, 3.05) is 27.4 Å². The lowest BCUT2D eigenvalue weighted by Crippen LogP contribution is -2.26. The molecule has 0 bridgehead atoms. The third kappa shape index (κ3) is 4.80. The van der Waals surface area contributed by atoms with E-state index in [0.29, 0.717) is 24.3 Å². The molecule has 0 fully saturated rings. The molecule has 6 nitrogen and oxygen atoms in total. The molecule has 0 unspecified atom stereocenters. The first-order chi connectivity index (χ1) is 12.5. The van der Waals surface area contributed by atoms with E-state index in [-0.39, 0.29) is 36.5 Å². The molecule has 0 saturated heterocycles. The summed E-state index contributed by atoms with van der Waals surface area (Å²) in [6.45, 7) is -0.159. The van der Waals surface area contributed by atoms with Crippen LogP contribution in [0.1, 0.15) is 11.1 Å². The van der Waals surface area contributed by atoms with Crippen LogP contribution in [-0.4, -0.2) is 47.9 Å². The second kappa shape index (κ2) is 9.31. The fraction of sp³-hybridized carbons (Fsp3) is 0.400. The maximum absolute atomic E-state index is 9.84. The average molecular weight is 365 g/mol. The molecule has 2 aromatic carbocycles. The highest BCUT2D eigenvalue weighted by Gasteiger charge is 2.22. The summed E-state index contributed by atoms with van der Waals surface area (Å²) in [7, 11) is 2.97. The number of aliphatic hydroxyl groups is 2. The number of hydrogen-bond donors (Lipinski definition) is 4. The molecule has 0 saturated carbocycles. The lowest BCUT2D eigenvalue weighted by atomic mass is 10.0. The lowest BCUT2D eigenvalue weighted by molar-refractivity contribution is 0.119. The van der Waals surface area contributed by atoms with E-state index in [0.717, 1.165) is 11.1 Å². The summed E-state index contributed by atoms with van der Waals surface area (Å²) in [5, 5.41) is 39.1. The summed E-state index contributed by atoms with van der Waals surface area (Å²) < 4.78 is 10.2. The number of hydrogen-bond acceptors (Lipinski definition) is 6. The predicted molar refractivity (Wildman–Crippen MR) is 97.9 cm³/mol. The van der Waals surface area contributed by atoms with E-state index >= 15 is 0 Å². The van der Waals surface area contributed by atoms with Gasteiger partial charge in [0.05, 0.1) is 14.2 Å². The van der Waals surface area contributed by atoms with Gasteiger partial charge in [0.2, 0.25) is 0 Å². The first-order valence-corrected chi connectivity index (χ1v) is 8.45. The maximum atomic E-state index is 9.84. The largest absolute Gasteiger partial charge is 0.504 e. The molecule has 0 spiro atoms. The molecular formula is C20H26O6. The van der Waals surface area contributed by atoms with Crippen LogP contribution in [0, 0.1) is 11.8 Å². The van der Waals surface area contributed by atoms with Crippen LogP contribution in [0.15, 0.2) is 36.4 Å². The van der Waals surface area contributed by atoms with Crippen LogP contribution >= 0.6 is 0 Å². The smallest absolute Gasteiger partial charge is 0.160 e. The molecule has 6 heteroatoms. The van der Waals surface area contributed by atoms with E-state index in [9.17, 15) is 20.4 Å². The number of aliphatic hydroxyl groups excluding tert-OH is 2. The molecule has 2 aromatic rings. The Kier molecular flexibility index (Phi) is 7.12. The summed E-state index contributed by atoms with van der Waals surface area (Å²) in [6, 6.07) is 10.1. The molecule has 0 radical (unpaired) electrons. The molecule has 0 aliphatic rings. The van der Waals surface area contributed by atoms with Crippen LogP contribution < -0.4 is 9.47 Å². The Labute approximate surface area is 153 Å². The summed E-state index contributed by atoms with van der Waals surface area (Å²) >= 11 is 0. The summed E-state index contributed by atoms with van der Waals surface area (Å²) in [5.74, 6) is 0.535. The Bertz CT molecular complexity index is 654. The first kappa shape index (κ1) is 19.9. The van der Waals surface area contributed by atoms with Gasteiger partial charge in [-0.05, 0) is 60.1 Å². The van der Waals surface area contributed by atoms with Gasteiger partial charge in [-0.25, -0.2) is 0 Å². The van der Waals surface area contributed by atoms with Crippen LogP contribution in [0.25, 0.3) is 0 Å². The molecule has 0 aliphatic heterocycles. The van der Waals surface area contributed by atoms with Crippen molar-refractivity contribution >= 4 is 0 Å². The minimum Gasteiger partial charge on any atom is -0.504 e. The van der Waals surface area contributed by atoms with Gasteiger partial charge in [-0.15, -0.1) is 0 Å². The van der Waals surface area contributed by atoms with Crippen molar-refractivity contribution in [2.24, 2.45) is 11.8 Å². The summed E-state index contributed by atoms with van der Waals surface area (Å²) in [5.41, 5.74) is 1.81. The number of phenolic OH excluding ortho intramolecular Hbond substituents is 2. The maximum Gasteiger partial charge on any atom is 0.160 e. The molecule has 0 heterocycles. The minimum atomic E-state index is -0.172. The topological polar surface area (TPSA) is 99.4 Å². The highest BCUT2D eigenvalue weighted by molar-refractivity contribution is 5.43. The van der Waals surface area contributed by atoms with Gasteiger partial charge >= 0.3 is 0 Å². The number of aromatic hydroxyl groups is 2. The second-order valence-corrected chi connectivity index (χ2v) is 6.31. The average Bonchev–Trinajstić information content (AvgIpc) is 2.66. The van der Waals surface area contributed by atoms with Crippen LogP contribution in [0.5, 0.6) is 23.0 Å². The van der Waals surface area contributed by atoms with Crippen LogP contribution in [0.2, 0.25) is 0 Å². The van der Waals surface area contributed by atoms with E-state index in [4.69, 9.17) is 9.47 Å². The number of phenols is 2.